The molecule has 0 saturated heterocycles. The summed E-state index contributed by atoms with van der Waals surface area (Å²) >= 11 is 0. The van der Waals surface area contributed by atoms with Crippen LogP contribution in [-0.4, -0.2) is 19.7 Å². The van der Waals surface area contributed by atoms with E-state index in [4.69, 9.17) is 5.73 Å². The van der Waals surface area contributed by atoms with Crippen molar-refractivity contribution in [2.24, 2.45) is 7.05 Å². The molecule has 2 rings (SSSR count). The summed E-state index contributed by atoms with van der Waals surface area (Å²) in [5.74, 6) is 1.61. The minimum atomic E-state index is 0.277. The molecule has 6 heteroatoms. The Bertz CT molecular complexity index is 573. The van der Waals surface area contributed by atoms with Crippen molar-refractivity contribution in [2.45, 2.75) is 33.2 Å². The summed E-state index contributed by atoms with van der Waals surface area (Å²) < 4.78 is 1.86. The van der Waals surface area contributed by atoms with Gasteiger partial charge in [0.05, 0.1) is 6.20 Å². The van der Waals surface area contributed by atoms with Gasteiger partial charge in [0.1, 0.15) is 18.0 Å². The predicted molar refractivity (Wildman–Crippen MR) is 75.8 cm³/mol. The highest BCUT2D eigenvalue weighted by Gasteiger charge is 2.13. The molecule has 0 bridgehead atoms. The van der Waals surface area contributed by atoms with Gasteiger partial charge in [-0.2, -0.15) is 5.10 Å². The molecule has 2 aromatic heterocycles. The fourth-order valence-corrected chi connectivity index (χ4v) is 2.02. The summed E-state index contributed by atoms with van der Waals surface area (Å²) in [5.41, 5.74) is 9.17. The van der Waals surface area contributed by atoms with Crippen LogP contribution in [0.1, 0.15) is 36.6 Å². The molecular weight excluding hydrogens is 240 g/mol. The Hall–Kier alpha value is -2.11. The zero-order valence-electron chi connectivity index (χ0n) is 11.8. The number of hydrogen-bond donors (Lipinski definition) is 2. The van der Waals surface area contributed by atoms with E-state index in [1.165, 1.54) is 6.33 Å². The standard InChI is InChI=1S/C13H20N6/c1-8(2)11-12(14)16-7-17-13(11)15-5-10-6-18-19(4)9(10)3/h6-8H,5H2,1-4H3,(H3,14,15,16,17). The van der Waals surface area contributed by atoms with Gasteiger partial charge in [0.2, 0.25) is 0 Å². The van der Waals surface area contributed by atoms with E-state index in [0.717, 1.165) is 22.6 Å². The molecule has 0 aliphatic heterocycles. The summed E-state index contributed by atoms with van der Waals surface area (Å²) in [6.07, 6.45) is 3.35. The minimum absolute atomic E-state index is 0.277. The Labute approximate surface area is 113 Å². The predicted octanol–water partition coefficient (Wildman–Crippen LogP) is 1.84. The molecule has 2 heterocycles. The van der Waals surface area contributed by atoms with Crippen LogP contribution >= 0.6 is 0 Å². The third kappa shape index (κ3) is 2.67. The molecule has 19 heavy (non-hydrogen) atoms. The number of rotatable bonds is 4. The largest absolute Gasteiger partial charge is 0.383 e. The second-order valence-corrected chi connectivity index (χ2v) is 4.91. The molecule has 6 nitrogen and oxygen atoms in total. The highest BCUT2D eigenvalue weighted by Crippen LogP contribution is 2.26. The van der Waals surface area contributed by atoms with Crippen molar-refractivity contribution < 1.29 is 0 Å². The van der Waals surface area contributed by atoms with Crippen LogP contribution in [0.2, 0.25) is 0 Å². The second-order valence-electron chi connectivity index (χ2n) is 4.91. The van der Waals surface area contributed by atoms with Crippen molar-refractivity contribution in [3.8, 4) is 0 Å². The number of hydrogen-bond acceptors (Lipinski definition) is 5. The first kappa shape index (κ1) is 13.3. The van der Waals surface area contributed by atoms with Crippen molar-refractivity contribution in [1.82, 2.24) is 19.7 Å². The third-order valence-corrected chi connectivity index (χ3v) is 3.28. The van der Waals surface area contributed by atoms with Gasteiger partial charge >= 0.3 is 0 Å². The number of nitrogens with zero attached hydrogens (tertiary/aromatic N) is 4. The highest BCUT2D eigenvalue weighted by molar-refractivity contribution is 5.56. The van der Waals surface area contributed by atoms with Crippen LogP contribution < -0.4 is 11.1 Å². The first-order chi connectivity index (χ1) is 9.00. The van der Waals surface area contributed by atoms with Crippen LogP contribution in [0.4, 0.5) is 11.6 Å². The summed E-state index contributed by atoms with van der Waals surface area (Å²) in [6.45, 7) is 6.88. The third-order valence-electron chi connectivity index (χ3n) is 3.28. The lowest BCUT2D eigenvalue weighted by Crippen LogP contribution is -2.09. The monoisotopic (exact) mass is 260 g/mol. The average molecular weight is 260 g/mol. The van der Waals surface area contributed by atoms with Gasteiger partial charge in [-0.15, -0.1) is 0 Å². The molecule has 102 valence electrons. The second kappa shape index (κ2) is 5.26. The summed E-state index contributed by atoms with van der Waals surface area (Å²) in [7, 11) is 1.93. The number of nitrogen functional groups attached to an aromatic ring is 1. The summed E-state index contributed by atoms with van der Waals surface area (Å²) in [4.78, 5) is 8.33. The zero-order valence-corrected chi connectivity index (χ0v) is 11.8. The molecule has 0 spiro atoms. The van der Waals surface area contributed by atoms with Crippen molar-refractivity contribution in [3.05, 3.63) is 29.3 Å². The van der Waals surface area contributed by atoms with Gasteiger partial charge in [0.25, 0.3) is 0 Å². The lowest BCUT2D eigenvalue weighted by atomic mass is 10.0. The van der Waals surface area contributed by atoms with Crippen LogP contribution in [0.5, 0.6) is 0 Å². The zero-order chi connectivity index (χ0) is 14.0. The van der Waals surface area contributed by atoms with Gasteiger partial charge < -0.3 is 11.1 Å². The van der Waals surface area contributed by atoms with Crippen LogP contribution in [0.3, 0.4) is 0 Å². The highest BCUT2D eigenvalue weighted by atomic mass is 15.3. The van der Waals surface area contributed by atoms with Crippen molar-refractivity contribution in [2.75, 3.05) is 11.1 Å². The van der Waals surface area contributed by atoms with Gasteiger partial charge in [-0.05, 0) is 12.8 Å². The van der Waals surface area contributed by atoms with E-state index in [-0.39, 0.29) is 5.92 Å². The van der Waals surface area contributed by atoms with Crippen LogP contribution in [0.15, 0.2) is 12.5 Å². The van der Waals surface area contributed by atoms with Crippen LogP contribution in [0.25, 0.3) is 0 Å². The van der Waals surface area contributed by atoms with E-state index in [0.29, 0.717) is 12.4 Å². The first-order valence-corrected chi connectivity index (χ1v) is 6.32. The molecule has 0 fully saturated rings. The van der Waals surface area contributed by atoms with Crippen molar-refractivity contribution >= 4 is 11.6 Å². The minimum Gasteiger partial charge on any atom is -0.383 e. The van der Waals surface area contributed by atoms with E-state index < -0.39 is 0 Å². The molecule has 0 aliphatic carbocycles. The molecule has 0 aliphatic rings. The Balaban J connectivity index is 2.20. The molecule has 0 amide bonds. The van der Waals surface area contributed by atoms with Gasteiger partial charge in [-0.25, -0.2) is 9.97 Å². The van der Waals surface area contributed by atoms with Gasteiger partial charge in [0, 0.05) is 30.4 Å². The van der Waals surface area contributed by atoms with Gasteiger partial charge in [-0.1, -0.05) is 13.8 Å². The Morgan fingerprint density at radius 1 is 1.37 bits per heavy atom. The maximum absolute atomic E-state index is 5.92. The molecule has 2 aromatic rings. The number of aryl methyl sites for hydroxylation is 1. The molecule has 0 aromatic carbocycles. The molecule has 3 N–H and O–H groups in total. The van der Waals surface area contributed by atoms with E-state index in [2.05, 4.69) is 34.2 Å². The number of nitrogens with one attached hydrogen (secondary N) is 1. The SMILES string of the molecule is Cc1c(CNc2ncnc(N)c2C(C)C)cnn1C. The normalized spacial score (nSPS) is 11.0. The molecular formula is C13H20N6. The fraction of sp³-hybridized carbons (Fsp3) is 0.462. The molecule has 0 atom stereocenters. The summed E-state index contributed by atoms with van der Waals surface area (Å²) in [5, 5.41) is 7.54. The fourth-order valence-electron chi connectivity index (χ4n) is 2.02. The van der Waals surface area contributed by atoms with Crippen LogP contribution in [0, 0.1) is 6.92 Å². The lowest BCUT2D eigenvalue weighted by molar-refractivity contribution is 0.738. The Morgan fingerprint density at radius 2 is 2.11 bits per heavy atom. The number of anilines is 2. The smallest absolute Gasteiger partial charge is 0.135 e. The molecule has 0 radical (unpaired) electrons. The number of nitrogens with two attached hydrogens (primary N) is 1. The van der Waals surface area contributed by atoms with Crippen molar-refractivity contribution in [3.63, 3.8) is 0 Å². The quantitative estimate of drug-likeness (QED) is 0.876. The Kier molecular flexibility index (Phi) is 3.69. The summed E-state index contributed by atoms with van der Waals surface area (Å²) in [6, 6.07) is 0. The van der Waals surface area contributed by atoms with E-state index in [1.54, 1.807) is 0 Å². The topological polar surface area (TPSA) is 81.7 Å². The van der Waals surface area contributed by atoms with Crippen molar-refractivity contribution in [1.29, 1.82) is 0 Å². The average Bonchev–Trinajstić information content (AvgIpc) is 2.67. The Morgan fingerprint density at radius 3 is 2.68 bits per heavy atom. The number of aromatic nitrogens is 4. The van der Waals surface area contributed by atoms with Gasteiger partial charge in [-0.3, -0.25) is 4.68 Å². The van der Waals surface area contributed by atoms with E-state index >= 15 is 0 Å². The van der Waals surface area contributed by atoms with E-state index in [1.807, 2.05) is 24.9 Å². The van der Waals surface area contributed by atoms with Gasteiger partial charge in [0.15, 0.2) is 0 Å². The van der Waals surface area contributed by atoms with E-state index in [9.17, 15) is 0 Å². The molecule has 0 unspecified atom stereocenters. The maximum Gasteiger partial charge on any atom is 0.135 e. The van der Waals surface area contributed by atoms with Crippen LogP contribution in [-0.2, 0) is 13.6 Å². The maximum atomic E-state index is 5.92. The molecule has 0 saturated carbocycles. The first-order valence-electron chi connectivity index (χ1n) is 6.32. The lowest BCUT2D eigenvalue weighted by Gasteiger charge is -2.14.